The van der Waals surface area contributed by atoms with Crippen molar-refractivity contribution in [3.63, 3.8) is 0 Å². The lowest BCUT2D eigenvalue weighted by molar-refractivity contribution is -0.112. The number of hydrogen-bond acceptors (Lipinski definition) is 6. The average molecular weight is 428 g/mol. The van der Waals surface area contributed by atoms with Crippen LogP contribution in [0.4, 0.5) is 5.13 Å². The average Bonchev–Trinajstić information content (AvgIpc) is 3.45. The Morgan fingerprint density at radius 1 is 1.43 bits per heavy atom. The Balaban J connectivity index is 1.69. The highest BCUT2D eigenvalue weighted by Crippen LogP contribution is 2.23. The number of carbonyl (C=O) groups excluding carboxylic acids is 1. The minimum absolute atomic E-state index is 0.0510. The van der Waals surface area contributed by atoms with Gasteiger partial charge in [0.05, 0.1) is 6.10 Å². The summed E-state index contributed by atoms with van der Waals surface area (Å²) in [6, 6.07) is 4.03. The Kier molecular flexibility index (Phi) is 7.77. The molecule has 0 aromatic carbocycles. The van der Waals surface area contributed by atoms with Crippen molar-refractivity contribution in [1.29, 1.82) is 5.26 Å². The van der Waals surface area contributed by atoms with Crippen LogP contribution in [0.2, 0.25) is 0 Å². The summed E-state index contributed by atoms with van der Waals surface area (Å²) in [4.78, 5) is 12.6. The largest absolute Gasteiger partial charge is 0.376 e. The van der Waals surface area contributed by atoms with Crippen LogP contribution in [0, 0.1) is 25.2 Å². The molecule has 0 saturated carbocycles. The van der Waals surface area contributed by atoms with Gasteiger partial charge in [-0.25, -0.2) is 0 Å². The van der Waals surface area contributed by atoms with Crippen molar-refractivity contribution < 1.29 is 9.53 Å². The van der Waals surface area contributed by atoms with E-state index in [0.29, 0.717) is 5.13 Å². The van der Waals surface area contributed by atoms with Gasteiger partial charge in [-0.2, -0.15) is 5.26 Å². The molecule has 1 aliphatic rings. The summed E-state index contributed by atoms with van der Waals surface area (Å²) in [6.07, 6.45) is 8.25. The maximum absolute atomic E-state index is 12.6. The Hall–Kier alpha value is -2.50. The summed E-state index contributed by atoms with van der Waals surface area (Å²) >= 11 is 1.36. The van der Waals surface area contributed by atoms with Crippen LogP contribution in [-0.2, 0) is 22.5 Å². The van der Waals surface area contributed by atoms with E-state index in [2.05, 4.69) is 27.0 Å². The highest BCUT2D eigenvalue weighted by molar-refractivity contribution is 7.15. The van der Waals surface area contributed by atoms with E-state index in [9.17, 15) is 10.1 Å². The molecule has 7 nitrogen and oxygen atoms in total. The summed E-state index contributed by atoms with van der Waals surface area (Å²) in [7, 11) is 0. The van der Waals surface area contributed by atoms with Crippen molar-refractivity contribution in [3.05, 3.63) is 33.6 Å². The normalized spacial score (nSPS) is 16.6. The fourth-order valence-electron chi connectivity index (χ4n) is 3.65. The van der Waals surface area contributed by atoms with Crippen molar-refractivity contribution >= 4 is 28.5 Å². The zero-order valence-corrected chi connectivity index (χ0v) is 18.7. The first-order valence-electron chi connectivity index (χ1n) is 10.6. The number of carbonyl (C=O) groups is 1. The van der Waals surface area contributed by atoms with Gasteiger partial charge in [-0.3, -0.25) is 10.1 Å². The van der Waals surface area contributed by atoms with Gasteiger partial charge in [-0.1, -0.05) is 31.1 Å². The van der Waals surface area contributed by atoms with Crippen LogP contribution in [0.3, 0.4) is 0 Å². The van der Waals surface area contributed by atoms with Crippen LogP contribution in [0.15, 0.2) is 11.6 Å². The molecular weight excluding hydrogens is 398 g/mol. The fraction of sp³-hybridized carbons (Fsp3) is 0.545. The molecule has 3 heterocycles. The Labute approximate surface area is 181 Å². The maximum atomic E-state index is 12.6. The highest BCUT2D eigenvalue weighted by Gasteiger charge is 2.19. The molecule has 0 bridgehead atoms. The van der Waals surface area contributed by atoms with Gasteiger partial charge in [0.15, 0.2) is 0 Å². The van der Waals surface area contributed by atoms with Gasteiger partial charge in [-0.15, -0.1) is 10.2 Å². The van der Waals surface area contributed by atoms with Crippen molar-refractivity contribution in [1.82, 2.24) is 14.8 Å². The summed E-state index contributed by atoms with van der Waals surface area (Å²) in [5.74, 6) is -0.460. The van der Waals surface area contributed by atoms with Crippen LogP contribution in [0.5, 0.6) is 0 Å². The van der Waals surface area contributed by atoms with Crippen LogP contribution < -0.4 is 5.32 Å². The molecule has 8 heteroatoms. The topological polar surface area (TPSA) is 92.8 Å². The number of unbranched alkanes of at least 4 members (excludes halogenated alkanes) is 2. The zero-order chi connectivity index (χ0) is 21.5. The van der Waals surface area contributed by atoms with Gasteiger partial charge in [0.25, 0.3) is 5.91 Å². The smallest absolute Gasteiger partial charge is 0.268 e. The lowest BCUT2D eigenvalue weighted by Crippen LogP contribution is -2.17. The third-order valence-electron chi connectivity index (χ3n) is 5.37. The van der Waals surface area contributed by atoms with E-state index in [-0.39, 0.29) is 11.7 Å². The Morgan fingerprint density at radius 3 is 2.97 bits per heavy atom. The van der Waals surface area contributed by atoms with Gasteiger partial charge in [0, 0.05) is 31.0 Å². The SMILES string of the molecule is CCCCCc1nnc(NC(=O)/C(C#N)=C/c2cc(C)n(CC3CCCO3)c2C)s1. The number of nitriles is 1. The van der Waals surface area contributed by atoms with Crippen LogP contribution in [0.25, 0.3) is 6.08 Å². The maximum Gasteiger partial charge on any atom is 0.268 e. The fourth-order valence-corrected chi connectivity index (χ4v) is 4.42. The minimum Gasteiger partial charge on any atom is -0.376 e. The second-order valence-electron chi connectivity index (χ2n) is 7.65. The van der Waals surface area contributed by atoms with E-state index in [1.165, 1.54) is 11.3 Å². The number of amides is 1. The summed E-state index contributed by atoms with van der Waals surface area (Å²) in [5, 5.41) is 21.7. The zero-order valence-electron chi connectivity index (χ0n) is 17.9. The number of nitrogens with one attached hydrogen (secondary N) is 1. The molecule has 1 amide bonds. The Morgan fingerprint density at radius 2 is 2.27 bits per heavy atom. The van der Waals surface area contributed by atoms with Crippen molar-refractivity contribution in [3.8, 4) is 6.07 Å². The molecule has 1 fully saturated rings. The van der Waals surface area contributed by atoms with Crippen LogP contribution >= 0.6 is 11.3 Å². The van der Waals surface area contributed by atoms with Crippen molar-refractivity contribution in [2.75, 3.05) is 11.9 Å². The number of hydrogen-bond donors (Lipinski definition) is 1. The number of aryl methyl sites for hydroxylation is 2. The molecule has 2 aromatic rings. The lowest BCUT2D eigenvalue weighted by atomic mass is 10.1. The molecule has 0 radical (unpaired) electrons. The summed E-state index contributed by atoms with van der Waals surface area (Å²) in [6.45, 7) is 7.81. The molecule has 2 aromatic heterocycles. The second kappa shape index (κ2) is 10.5. The molecule has 0 aliphatic carbocycles. The van der Waals surface area contributed by atoms with E-state index in [4.69, 9.17) is 4.74 Å². The summed E-state index contributed by atoms with van der Waals surface area (Å²) < 4.78 is 7.95. The van der Waals surface area contributed by atoms with E-state index in [1.807, 2.05) is 26.0 Å². The highest BCUT2D eigenvalue weighted by atomic mass is 32.1. The monoisotopic (exact) mass is 427 g/mol. The van der Waals surface area contributed by atoms with E-state index < -0.39 is 5.91 Å². The van der Waals surface area contributed by atoms with E-state index in [1.54, 1.807) is 6.08 Å². The number of aromatic nitrogens is 3. The molecule has 1 N–H and O–H groups in total. The van der Waals surface area contributed by atoms with Gasteiger partial charge < -0.3 is 9.30 Å². The molecule has 3 rings (SSSR count). The van der Waals surface area contributed by atoms with Crippen LogP contribution in [-0.4, -0.2) is 33.4 Å². The lowest BCUT2D eigenvalue weighted by Gasteiger charge is -2.14. The van der Waals surface area contributed by atoms with Crippen molar-refractivity contribution in [2.24, 2.45) is 0 Å². The third-order valence-corrected chi connectivity index (χ3v) is 6.27. The van der Waals surface area contributed by atoms with Gasteiger partial charge in [-0.05, 0) is 50.8 Å². The molecule has 1 atom stereocenters. The van der Waals surface area contributed by atoms with E-state index >= 15 is 0 Å². The molecule has 1 unspecified atom stereocenters. The molecule has 160 valence electrons. The van der Waals surface area contributed by atoms with Gasteiger partial charge >= 0.3 is 0 Å². The minimum atomic E-state index is -0.460. The predicted molar refractivity (Wildman–Crippen MR) is 118 cm³/mol. The first kappa shape index (κ1) is 22.2. The molecule has 0 spiro atoms. The second-order valence-corrected chi connectivity index (χ2v) is 8.72. The molecule has 1 aliphatic heterocycles. The number of anilines is 1. The molecule has 1 saturated heterocycles. The first-order chi connectivity index (χ1) is 14.5. The third kappa shape index (κ3) is 5.55. The number of nitrogens with zero attached hydrogens (tertiary/aromatic N) is 4. The standard InChI is InChI=1S/C22H29N5O2S/c1-4-5-6-9-20-25-26-22(30-20)24-21(28)18(13-23)12-17-11-15(2)27(16(17)3)14-19-8-7-10-29-19/h11-12,19H,4-10,14H2,1-3H3,(H,24,26,28)/b18-12+. The predicted octanol–water partition coefficient (Wildman–Crippen LogP) is 4.41. The van der Waals surface area contributed by atoms with Gasteiger partial charge in [0.1, 0.15) is 16.6 Å². The van der Waals surface area contributed by atoms with Crippen LogP contribution in [0.1, 0.15) is 61.0 Å². The van der Waals surface area contributed by atoms with Crippen molar-refractivity contribution in [2.45, 2.75) is 71.9 Å². The first-order valence-corrected chi connectivity index (χ1v) is 11.4. The number of rotatable bonds is 9. The number of ether oxygens (including phenoxy) is 1. The van der Waals surface area contributed by atoms with E-state index in [0.717, 1.165) is 73.6 Å². The molecular formula is C22H29N5O2S. The van der Waals surface area contributed by atoms with Gasteiger partial charge in [0.2, 0.25) is 5.13 Å². The quantitative estimate of drug-likeness (QED) is 0.363. The molecule has 30 heavy (non-hydrogen) atoms. The summed E-state index contributed by atoms with van der Waals surface area (Å²) in [5.41, 5.74) is 3.04. The Bertz CT molecular complexity index is 947.